The van der Waals surface area contributed by atoms with E-state index in [1.165, 1.54) is 0 Å². The van der Waals surface area contributed by atoms with Crippen LogP contribution in [0, 0.1) is 0 Å². The average molecular weight is 300 g/mol. The van der Waals surface area contributed by atoms with E-state index in [0.29, 0.717) is 25.5 Å². The van der Waals surface area contributed by atoms with Crippen LogP contribution < -0.4 is 0 Å². The van der Waals surface area contributed by atoms with Crippen molar-refractivity contribution in [3.8, 4) is 0 Å². The number of hydrogen-bond acceptors (Lipinski definition) is 4. The van der Waals surface area contributed by atoms with E-state index in [0.717, 1.165) is 18.5 Å². The molecule has 0 bridgehead atoms. The van der Waals surface area contributed by atoms with Crippen LogP contribution in [0.4, 0.5) is 0 Å². The van der Waals surface area contributed by atoms with Crippen molar-refractivity contribution in [2.75, 3.05) is 19.8 Å². The van der Waals surface area contributed by atoms with Crippen LogP contribution in [0.15, 0.2) is 36.9 Å². The number of aromatic nitrogens is 3. The van der Waals surface area contributed by atoms with E-state index in [2.05, 4.69) is 9.97 Å². The van der Waals surface area contributed by atoms with Crippen LogP contribution in [0.5, 0.6) is 0 Å². The number of ether oxygens (including phenoxy) is 1. The molecule has 1 saturated heterocycles. The second kappa shape index (κ2) is 6.70. The van der Waals surface area contributed by atoms with E-state index in [4.69, 9.17) is 4.74 Å². The first-order valence-electron chi connectivity index (χ1n) is 7.50. The van der Waals surface area contributed by atoms with Gasteiger partial charge in [0.05, 0.1) is 24.9 Å². The monoisotopic (exact) mass is 300 g/mol. The van der Waals surface area contributed by atoms with E-state index in [9.17, 15) is 4.79 Å². The number of morpholine rings is 1. The summed E-state index contributed by atoms with van der Waals surface area (Å²) in [6, 6.07) is 3.83. The van der Waals surface area contributed by atoms with E-state index in [-0.39, 0.29) is 11.9 Å². The summed E-state index contributed by atoms with van der Waals surface area (Å²) >= 11 is 0. The molecule has 3 rings (SSSR count). The lowest BCUT2D eigenvalue weighted by Gasteiger charge is -2.35. The Labute approximate surface area is 129 Å². The lowest BCUT2D eigenvalue weighted by molar-refractivity contribution is -0.00461. The van der Waals surface area contributed by atoms with E-state index in [1.807, 2.05) is 34.8 Å². The summed E-state index contributed by atoms with van der Waals surface area (Å²) in [5.74, 6) is 0.0694. The SMILES string of the molecule is Cn1cccc1C(=O)N1CCOC[C@@H]1CCc1cnccn1. The number of carbonyl (C=O) groups is 1. The molecule has 0 aliphatic carbocycles. The van der Waals surface area contributed by atoms with Gasteiger partial charge in [0.1, 0.15) is 5.69 Å². The van der Waals surface area contributed by atoms with Gasteiger partial charge in [-0.15, -0.1) is 0 Å². The van der Waals surface area contributed by atoms with Gasteiger partial charge in [-0.3, -0.25) is 14.8 Å². The fraction of sp³-hybridized carbons (Fsp3) is 0.438. The predicted octanol–water partition coefficient (Wildman–Crippen LogP) is 1.29. The van der Waals surface area contributed by atoms with Crippen LogP contribution in [0.3, 0.4) is 0 Å². The van der Waals surface area contributed by atoms with Gasteiger partial charge >= 0.3 is 0 Å². The Morgan fingerprint density at radius 1 is 1.45 bits per heavy atom. The first-order chi connectivity index (χ1) is 10.8. The van der Waals surface area contributed by atoms with Gasteiger partial charge in [0.15, 0.2) is 0 Å². The highest BCUT2D eigenvalue weighted by molar-refractivity contribution is 5.93. The van der Waals surface area contributed by atoms with Crippen molar-refractivity contribution < 1.29 is 9.53 Å². The molecule has 1 amide bonds. The summed E-state index contributed by atoms with van der Waals surface area (Å²) in [5.41, 5.74) is 1.66. The molecule has 1 fully saturated rings. The fourth-order valence-corrected chi connectivity index (χ4v) is 2.77. The van der Waals surface area contributed by atoms with Crippen molar-refractivity contribution in [3.63, 3.8) is 0 Å². The molecule has 3 heterocycles. The lowest BCUT2D eigenvalue weighted by atomic mass is 10.1. The van der Waals surface area contributed by atoms with Gasteiger partial charge in [0.2, 0.25) is 0 Å². The van der Waals surface area contributed by atoms with Crippen LogP contribution in [0.2, 0.25) is 0 Å². The second-order valence-electron chi connectivity index (χ2n) is 5.47. The van der Waals surface area contributed by atoms with Gasteiger partial charge in [-0.1, -0.05) is 0 Å². The molecule has 0 unspecified atom stereocenters. The minimum atomic E-state index is 0.0694. The predicted molar refractivity (Wildman–Crippen MR) is 81.4 cm³/mol. The minimum absolute atomic E-state index is 0.0694. The topological polar surface area (TPSA) is 60.2 Å². The van der Waals surface area contributed by atoms with Gasteiger partial charge in [-0.25, -0.2) is 0 Å². The summed E-state index contributed by atoms with van der Waals surface area (Å²) in [7, 11) is 1.89. The number of rotatable bonds is 4. The maximum absolute atomic E-state index is 12.7. The Kier molecular flexibility index (Phi) is 4.48. The Hall–Kier alpha value is -2.21. The number of amides is 1. The molecule has 2 aromatic rings. The van der Waals surface area contributed by atoms with E-state index in [1.54, 1.807) is 18.6 Å². The molecule has 0 spiro atoms. The number of nitrogens with zero attached hydrogens (tertiary/aromatic N) is 4. The van der Waals surface area contributed by atoms with E-state index < -0.39 is 0 Å². The standard InChI is InChI=1S/C16H20N4O2/c1-19-8-2-3-15(19)16(21)20-9-10-22-12-14(20)5-4-13-11-17-6-7-18-13/h2-3,6-8,11,14H,4-5,9-10,12H2,1H3/t14-/m0/s1. The largest absolute Gasteiger partial charge is 0.377 e. The van der Waals surface area contributed by atoms with Crippen molar-refractivity contribution in [3.05, 3.63) is 48.3 Å². The van der Waals surface area contributed by atoms with Crippen LogP contribution in [0.25, 0.3) is 0 Å². The quantitative estimate of drug-likeness (QED) is 0.853. The summed E-state index contributed by atoms with van der Waals surface area (Å²) < 4.78 is 7.42. The molecule has 2 aromatic heterocycles. The number of aryl methyl sites for hydroxylation is 2. The maximum atomic E-state index is 12.7. The molecule has 0 N–H and O–H groups in total. The molecule has 1 aliphatic rings. The number of carbonyl (C=O) groups excluding carboxylic acids is 1. The lowest BCUT2D eigenvalue weighted by Crippen LogP contribution is -2.49. The van der Waals surface area contributed by atoms with Crippen LogP contribution in [-0.4, -0.2) is 51.1 Å². The minimum Gasteiger partial charge on any atom is -0.377 e. The Morgan fingerprint density at radius 3 is 3.09 bits per heavy atom. The first kappa shape index (κ1) is 14.7. The van der Waals surface area contributed by atoms with Gasteiger partial charge in [0, 0.05) is 38.4 Å². The highest BCUT2D eigenvalue weighted by Crippen LogP contribution is 2.16. The van der Waals surface area contributed by atoms with E-state index >= 15 is 0 Å². The number of hydrogen-bond donors (Lipinski definition) is 0. The van der Waals surface area contributed by atoms with Crippen molar-refractivity contribution in [1.29, 1.82) is 0 Å². The molecule has 22 heavy (non-hydrogen) atoms. The zero-order chi connectivity index (χ0) is 15.4. The molecular weight excluding hydrogens is 280 g/mol. The zero-order valence-corrected chi connectivity index (χ0v) is 12.7. The Bertz CT molecular complexity index is 626. The molecule has 1 aliphatic heterocycles. The smallest absolute Gasteiger partial charge is 0.270 e. The molecule has 6 nitrogen and oxygen atoms in total. The van der Waals surface area contributed by atoms with Crippen molar-refractivity contribution in [2.45, 2.75) is 18.9 Å². The second-order valence-corrected chi connectivity index (χ2v) is 5.47. The van der Waals surface area contributed by atoms with Crippen LogP contribution >= 0.6 is 0 Å². The Morgan fingerprint density at radius 2 is 2.36 bits per heavy atom. The fourth-order valence-electron chi connectivity index (χ4n) is 2.77. The third-order valence-corrected chi connectivity index (χ3v) is 4.00. The molecule has 0 radical (unpaired) electrons. The highest BCUT2D eigenvalue weighted by Gasteiger charge is 2.28. The molecule has 6 heteroatoms. The molecular formula is C16H20N4O2. The molecule has 0 aromatic carbocycles. The summed E-state index contributed by atoms with van der Waals surface area (Å²) in [6.07, 6.45) is 8.64. The van der Waals surface area contributed by atoms with Gasteiger partial charge in [-0.2, -0.15) is 0 Å². The van der Waals surface area contributed by atoms with Crippen molar-refractivity contribution in [1.82, 2.24) is 19.4 Å². The van der Waals surface area contributed by atoms with Crippen molar-refractivity contribution in [2.24, 2.45) is 7.05 Å². The van der Waals surface area contributed by atoms with Crippen LogP contribution in [0.1, 0.15) is 22.6 Å². The normalized spacial score (nSPS) is 18.4. The zero-order valence-electron chi connectivity index (χ0n) is 12.7. The maximum Gasteiger partial charge on any atom is 0.270 e. The summed E-state index contributed by atoms with van der Waals surface area (Å²) in [4.78, 5) is 23.0. The third kappa shape index (κ3) is 3.17. The molecule has 116 valence electrons. The van der Waals surface area contributed by atoms with Gasteiger partial charge in [0.25, 0.3) is 5.91 Å². The van der Waals surface area contributed by atoms with Gasteiger partial charge < -0.3 is 14.2 Å². The van der Waals surface area contributed by atoms with Gasteiger partial charge in [-0.05, 0) is 25.0 Å². The third-order valence-electron chi connectivity index (χ3n) is 4.00. The summed E-state index contributed by atoms with van der Waals surface area (Å²) in [6.45, 7) is 1.81. The average Bonchev–Trinajstić information content (AvgIpc) is 2.99. The molecule has 1 atom stereocenters. The molecule has 0 saturated carbocycles. The first-order valence-corrected chi connectivity index (χ1v) is 7.50. The van der Waals surface area contributed by atoms with Crippen LogP contribution in [-0.2, 0) is 18.2 Å². The van der Waals surface area contributed by atoms with Crippen molar-refractivity contribution >= 4 is 5.91 Å². The Balaban J connectivity index is 1.69. The highest BCUT2D eigenvalue weighted by atomic mass is 16.5. The summed E-state index contributed by atoms with van der Waals surface area (Å²) in [5, 5.41) is 0.